The number of nitrogens with two attached hydrogens (primary N) is 1. The van der Waals surface area contributed by atoms with Crippen LogP contribution in [0.3, 0.4) is 0 Å². The van der Waals surface area contributed by atoms with Crippen molar-refractivity contribution in [1.29, 1.82) is 0 Å². The van der Waals surface area contributed by atoms with Gasteiger partial charge in [0.15, 0.2) is 11.5 Å². The van der Waals surface area contributed by atoms with Gasteiger partial charge in [0.1, 0.15) is 10.8 Å². The smallest absolute Gasteiger partial charge is 0.203 e. The van der Waals surface area contributed by atoms with Crippen molar-refractivity contribution in [3.63, 3.8) is 0 Å². The van der Waals surface area contributed by atoms with Crippen LogP contribution in [0.5, 0.6) is 11.5 Å². The molecule has 1 aromatic carbocycles. The van der Waals surface area contributed by atoms with Gasteiger partial charge < -0.3 is 19.8 Å². The van der Waals surface area contributed by atoms with E-state index in [1.54, 1.807) is 20.4 Å². The molecule has 0 saturated carbocycles. The van der Waals surface area contributed by atoms with Crippen LogP contribution in [0.2, 0.25) is 0 Å². The maximum atomic E-state index is 5.63. The zero-order chi connectivity index (χ0) is 17.1. The van der Waals surface area contributed by atoms with E-state index >= 15 is 0 Å². The molecule has 2 N–H and O–H groups in total. The second kappa shape index (κ2) is 6.88. The van der Waals surface area contributed by atoms with Crippen molar-refractivity contribution in [3.05, 3.63) is 35.1 Å². The van der Waals surface area contributed by atoms with Crippen molar-refractivity contribution in [2.24, 2.45) is 0 Å². The lowest BCUT2D eigenvalue weighted by molar-refractivity contribution is 0.355. The summed E-state index contributed by atoms with van der Waals surface area (Å²) in [6.45, 7) is 2.74. The summed E-state index contributed by atoms with van der Waals surface area (Å²) in [7, 11) is 3.27. The zero-order valence-corrected chi connectivity index (χ0v) is 14.6. The molecule has 0 spiro atoms. The summed E-state index contributed by atoms with van der Waals surface area (Å²) >= 11 is 1.40. The molecule has 0 fully saturated rings. The third-order valence-electron chi connectivity index (χ3n) is 3.63. The topological polar surface area (TPSA) is 88.1 Å². The molecule has 0 saturated heterocycles. The van der Waals surface area contributed by atoms with E-state index in [1.807, 2.05) is 25.3 Å². The Morgan fingerprint density at radius 1 is 1.21 bits per heavy atom. The van der Waals surface area contributed by atoms with E-state index in [1.165, 1.54) is 11.3 Å². The number of benzene rings is 1. The number of rotatable bonds is 6. The van der Waals surface area contributed by atoms with Gasteiger partial charge in [0.05, 0.1) is 19.8 Å². The molecule has 8 heteroatoms. The summed E-state index contributed by atoms with van der Waals surface area (Å²) < 4.78 is 13.1. The Hall–Kier alpha value is -2.61. The van der Waals surface area contributed by atoms with Gasteiger partial charge in [-0.3, -0.25) is 0 Å². The Morgan fingerprint density at radius 3 is 2.71 bits per heavy atom. The molecular weight excluding hydrogens is 326 g/mol. The van der Waals surface area contributed by atoms with E-state index < -0.39 is 0 Å². The summed E-state index contributed by atoms with van der Waals surface area (Å²) in [4.78, 5) is 4.50. The van der Waals surface area contributed by atoms with Crippen molar-refractivity contribution in [1.82, 2.24) is 19.7 Å². The maximum Gasteiger partial charge on any atom is 0.203 e. The number of ether oxygens (including phenoxy) is 2. The first-order valence-electron chi connectivity index (χ1n) is 7.44. The van der Waals surface area contributed by atoms with Gasteiger partial charge in [0.25, 0.3) is 0 Å². The lowest BCUT2D eigenvalue weighted by atomic mass is 10.1. The average molecular weight is 345 g/mol. The summed E-state index contributed by atoms with van der Waals surface area (Å²) in [6.07, 6.45) is 4.45. The van der Waals surface area contributed by atoms with Crippen LogP contribution in [0, 0.1) is 6.92 Å². The zero-order valence-electron chi connectivity index (χ0n) is 13.8. The minimum Gasteiger partial charge on any atom is -0.493 e. The van der Waals surface area contributed by atoms with Gasteiger partial charge in [0.2, 0.25) is 5.13 Å². The van der Waals surface area contributed by atoms with Crippen LogP contribution in [-0.4, -0.2) is 34.0 Å². The molecule has 0 aliphatic rings. The van der Waals surface area contributed by atoms with Gasteiger partial charge in [-0.05, 0) is 24.6 Å². The Bertz CT molecular complexity index is 843. The van der Waals surface area contributed by atoms with Gasteiger partial charge >= 0.3 is 0 Å². The highest BCUT2D eigenvalue weighted by molar-refractivity contribution is 7.15. The molecule has 0 amide bonds. The molecule has 3 aromatic rings. The Labute approximate surface area is 144 Å². The predicted molar refractivity (Wildman–Crippen MR) is 93.5 cm³/mol. The number of nitrogens with zero attached hydrogens (tertiary/aromatic N) is 4. The van der Waals surface area contributed by atoms with Crippen LogP contribution < -0.4 is 15.2 Å². The Kier molecular flexibility index (Phi) is 4.66. The lowest BCUT2D eigenvalue weighted by Gasteiger charge is -2.15. The standard InChI is InChI=1S/C16H19N5O2S/c1-10-8-11(14(23-3)12(9-10)22-2)15-18-5-7-21(15)6-4-13-19-20-16(17)24-13/h5,7-9H,4,6H2,1-3H3,(H2,17,20). The SMILES string of the molecule is COc1cc(C)cc(-c2nccn2CCc2nnc(N)s2)c1OC. The van der Waals surface area contributed by atoms with Crippen molar-refractivity contribution in [3.8, 4) is 22.9 Å². The van der Waals surface area contributed by atoms with Crippen molar-refractivity contribution in [2.45, 2.75) is 19.9 Å². The molecule has 24 heavy (non-hydrogen) atoms. The summed E-state index contributed by atoms with van der Waals surface area (Å²) in [6, 6.07) is 3.99. The molecule has 126 valence electrons. The third kappa shape index (κ3) is 3.18. The van der Waals surface area contributed by atoms with Crippen molar-refractivity contribution in [2.75, 3.05) is 20.0 Å². The van der Waals surface area contributed by atoms with Gasteiger partial charge in [0, 0.05) is 25.4 Å². The molecule has 0 atom stereocenters. The van der Waals surface area contributed by atoms with Gasteiger partial charge in [-0.2, -0.15) is 0 Å². The Balaban J connectivity index is 1.93. The average Bonchev–Trinajstić information content (AvgIpc) is 3.20. The fraction of sp³-hybridized carbons (Fsp3) is 0.312. The number of aromatic nitrogens is 4. The van der Waals surface area contributed by atoms with Crippen LogP contribution in [-0.2, 0) is 13.0 Å². The predicted octanol–water partition coefficient (Wildman–Crippen LogP) is 2.55. The summed E-state index contributed by atoms with van der Waals surface area (Å²) in [5.41, 5.74) is 7.61. The number of anilines is 1. The largest absolute Gasteiger partial charge is 0.493 e. The number of hydrogen-bond acceptors (Lipinski definition) is 7. The second-order valence-electron chi connectivity index (χ2n) is 5.28. The fourth-order valence-electron chi connectivity index (χ4n) is 2.59. The number of imidazole rings is 1. The van der Waals surface area contributed by atoms with Crippen LogP contribution in [0.4, 0.5) is 5.13 Å². The third-order valence-corrected chi connectivity index (χ3v) is 4.44. The molecular formula is C16H19N5O2S. The number of methoxy groups -OCH3 is 2. The quantitative estimate of drug-likeness (QED) is 0.739. The second-order valence-corrected chi connectivity index (χ2v) is 6.37. The van der Waals surface area contributed by atoms with Gasteiger partial charge in [-0.1, -0.05) is 11.3 Å². The molecule has 0 unspecified atom stereocenters. The minimum atomic E-state index is 0.487. The van der Waals surface area contributed by atoms with Crippen LogP contribution in [0.25, 0.3) is 11.4 Å². The number of aryl methyl sites for hydroxylation is 3. The molecule has 7 nitrogen and oxygen atoms in total. The summed E-state index contributed by atoms with van der Waals surface area (Å²) in [5, 5.41) is 9.29. The summed E-state index contributed by atoms with van der Waals surface area (Å²) in [5.74, 6) is 2.20. The van der Waals surface area contributed by atoms with Crippen molar-refractivity contribution >= 4 is 16.5 Å². The highest BCUT2D eigenvalue weighted by atomic mass is 32.1. The number of nitrogen functional groups attached to an aromatic ring is 1. The first kappa shape index (κ1) is 16.3. The normalized spacial score (nSPS) is 10.8. The molecule has 2 aromatic heterocycles. The van der Waals surface area contributed by atoms with Gasteiger partial charge in [-0.25, -0.2) is 4.98 Å². The van der Waals surface area contributed by atoms with Crippen LogP contribution >= 0.6 is 11.3 Å². The molecule has 3 rings (SSSR count). The molecule has 0 aliphatic carbocycles. The van der Waals surface area contributed by atoms with E-state index in [2.05, 4.69) is 19.7 Å². The Morgan fingerprint density at radius 2 is 2.04 bits per heavy atom. The van der Waals surface area contributed by atoms with E-state index in [4.69, 9.17) is 15.2 Å². The monoisotopic (exact) mass is 345 g/mol. The first-order chi connectivity index (χ1) is 11.6. The molecule has 0 bridgehead atoms. The van der Waals surface area contributed by atoms with Crippen molar-refractivity contribution < 1.29 is 9.47 Å². The van der Waals surface area contributed by atoms with Crippen LogP contribution in [0.1, 0.15) is 10.6 Å². The maximum absolute atomic E-state index is 5.63. The molecule has 0 aliphatic heterocycles. The highest BCUT2D eigenvalue weighted by Gasteiger charge is 2.17. The fourth-order valence-corrected chi connectivity index (χ4v) is 3.18. The number of hydrogen-bond donors (Lipinski definition) is 1. The van der Waals surface area contributed by atoms with Gasteiger partial charge in [-0.15, -0.1) is 10.2 Å². The first-order valence-corrected chi connectivity index (χ1v) is 8.26. The van der Waals surface area contributed by atoms with E-state index in [0.29, 0.717) is 16.6 Å². The van der Waals surface area contributed by atoms with E-state index in [0.717, 1.165) is 34.9 Å². The van der Waals surface area contributed by atoms with E-state index in [9.17, 15) is 0 Å². The van der Waals surface area contributed by atoms with Crippen LogP contribution in [0.15, 0.2) is 24.5 Å². The minimum absolute atomic E-state index is 0.487. The molecule has 2 heterocycles. The highest BCUT2D eigenvalue weighted by Crippen LogP contribution is 2.38. The van der Waals surface area contributed by atoms with E-state index in [-0.39, 0.29) is 0 Å². The lowest BCUT2D eigenvalue weighted by Crippen LogP contribution is -2.04. The molecule has 0 radical (unpaired) electrons.